The first-order valence-electron chi connectivity index (χ1n) is 6.55. The maximum absolute atomic E-state index is 9.13. The summed E-state index contributed by atoms with van der Waals surface area (Å²) >= 11 is 3.49. The number of nitriles is 1. The van der Waals surface area contributed by atoms with Crippen LogP contribution in [0.4, 0.5) is 11.4 Å². The molecule has 1 aliphatic rings. The molecular weight excluding hydrogens is 314 g/mol. The van der Waals surface area contributed by atoms with Crippen molar-refractivity contribution >= 4 is 27.3 Å². The van der Waals surface area contributed by atoms with Crippen LogP contribution in [0.3, 0.4) is 0 Å². The Morgan fingerprint density at radius 3 is 2.90 bits per heavy atom. The van der Waals surface area contributed by atoms with E-state index in [1.54, 1.807) is 0 Å². The van der Waals surface area contributed by atoms with Gasteiger partial charge in [-0.05, 0) is 29.8 Å². The highest BCUT2D eigenvalue weighted by atomic mass is 79.9. The largest absolute Gasteiger partial charge is 0.340 e. The van der Waals surface area contributed by atoms with Gasteiger partial charge in [0.2, 0.25) is 0 Å². The van der Waals surface area contributed by atoms with E-state index < -0.39 is 0 Å². The van der Waals surface area contributed by atoms with E-state index in [4.69, 9.17) is 5.26 Å². The summed E-state index contributed by atoms with van der Waals surface area (Å²) in [7, 11) is 0. The number of rotatable bonds is 1. The van der Waals surface area contributed by atoms with Crippen LogP contribution in [0, 0.1) is 11.3 Å². The van der Waals surface area contributed by atoms with Gasteiger partial charge in [0.15, 0.2) is 0 Å². The normalized spacial score (nSPS) is 14.3. The summed E-state index contributed by atoms with van der Waals surface area (Å²) in [6.45, 7) is 2.69. The fraction of sp³-hybridized carbons (Fsp3) is 0.188. The molecule has 0 unspecified atom stereocenters. The number of fused-ring (bicyclic) bond motifs is 1. The van der Waals surface area contributed by atoms with E-state index in [0.29, 0.717) is 5.56 Å². The molecule has 20 heavy (non-hydrogen) atoms. The van der Waals surface area contributed by atoms with Gasteiger partial charge in [0.05, 0.1) is 11.6 Å². The first kappa shape index (κ1) is 13.2. The predicted molar refractivity (Wildman–Crippen MR) is 84.0 cm³/mol. The van der Waals surface area contributed by atoms with Crippen molar-refractivity contribution in [1.29, 1.82) is 5.26 Å². The Balaban J connectivity index is 2.10. The fourth-order valence-electron chi connectivity index (χ4n) is 2.52. The third kappa shape index (κ3) is 2.55. The standard InChI is InChI=1S/C16H14BrN3/c17-14-7-12(10-18)8-15(9-14)20-6-5-19-11-13-3-1-2-4-16(13)20/h1-4,7-9,19H,5-6,11H2. The van der Waals surface area contributed by atoms with Gasteiger partial charge < -0.3 is 10.2 Å². The summed E-state index contributed by atoms with van der Waals surface area (Å²) in [4.78, 5) is 2.26. The van der Waals surface area contributed by atoms with E-state index in [9.17, 15) is 0 Å². The zero-order chi connectivity index (χ0) is 13.9. The third-order valence-corrected chi connectivity index (χ3v) is 3.89. The molecule has 3 rings (SSSR count). The Morgan fingerprint density at radius 2 is 2.05 bits per heavy atom. The van der Waals surface area contributed by atoms with Gasteiger partial charge in [-0.15, -0.1) is 0 Å². The van der Waals surface area contributed by atoms with E-state index >= 15 is 0 Å². The van der Waals surface area contributed by atoms with Crippen molar-refractivity contribution in [3.8, 4) is 6.07 Å². The number of anilines is 2. The van der Waals surface area contributed by atoms with E-state index in [1.165, 1.54) is 11.3 Å². The molecule has 0 amide bonds. The van der Waals surface area contributed by atoms with E-state index in [-0.39, 0.29) is 0 Å². The number of para-hydroxylation sites is 1. The molecule has 3 nitrogen and oxygen atoms in total. The van der Waals surface area contributed by atoms with Crippen LogP contribution in [0.15, 0.2) is 46.9 Å². The Kier molecular flexibility index (Phi) is 3.72. The first-order chi connectivity index (χ1) is 9.78. The molecule has 1 heterocycles. The number of nitrogens with zero attached hydrogens (tertiary/aromatic N) is 2. The minimum absolute atomic E-state index is 0.670. The van der Waals surface area contributed by atoms with Gasteiger partial charge in [0.25, 0.3) is 0 Å². The van der Waals surface area contributed by atoms with Crippen LogP contribution in [0.25, 0.3) is 0 Å². The summed E-state index contributed by atoms with van der Waals surface area (Å²) in [5, 5.41) is 12.6. The number of hydrogen-bond acceptors (Lipinski definition) is 3. The van der Waals surface area contributed by atoms with Gasteiger partial charge in [-0.2, -0.15) is 5.26 Å². The van der Waals surface area contributed by atoms with Gasteiger partial charge >= 0.3 is 0 Å². The third-order valence-electron chi connectivity index (χ3n) is 3.43. The maximum Gasteiger partial charge on any atom is 0.0992 e. The van der Waals surface area contributed by atoms with Crippen LogP contribution < -0.4 is 10.2 Å². The van der Waals surface area contributed by atoms with Gasteiger partial charge in [-0.1, -0.05) is 34.1 Å². The quantitative estimate of drug-likeness (QED) is 0.870. The molecule has 0 atom stereocenters. The van der Waals surface area contributed by atoms with Crippen molar-refractivity contribution in [3.05, 3.63) is 58.1 Å². The van der Waals surface area contributed by atoms with Crippen LogP contribution in [-0.2, 0) is 6.54 Å². The van der Waals surface area contributed by atoms with Crippen LogP contribution in [0.2, 0.25) is 0 Å². The fourth-order valence-corrected chi connectivity index (χ4v) is 3.00. The average molecular weight is 328 g/mol. The van der Waals surface area contributed by atoms with Crippen molar-refractivity contribution in [2.24, 2.45) is 0 Å². The average Bonchev–Trinajstić information content (AvgIpc) is 2.69. The zero-order valence-corrected chi connectivity index (χ0v) is 12.5. The molecule has 1 aliphatic heterocycles. The van der Waals surface area contributed by atoms with Crippen LogP contribution in [-0.4, -0.2) is 13.1 Å². The molecule has 0 bridgehead atoms. The zero-order valence-electron chi connectivity index (χ0n) is 10.9. The molecule has 2 aromatic carbocycles. The summed E-state index contributed by atoms with van der Waals surface area (Å²) in [6.07, 6.45) is 0. The molecule has 4 heteroatoms. The molecular formula is C16H14BrN3. The molecule has 0 fully saturated rings. The van der Waals surface area contributed by atoms with Gasteiger partial charge in [-0.3, -0.25) is 0 Å². The van der Waals surface area contributed by atoms with Crippen molar-refractivity contribution < 1.29 is 0 Å². The SMILES string of the molecule is N#Cc1cc(Br)cc(N2CCNCc3ccccc32)c1. The van der Waals surface area contributed by atoms with Crippen molar-refractivity contribution in [2.75, 3.05) is 18.0 Å². The molecule has 0 saturated heterocycles. The highest BCUT2D eigenvalue weighted by Gasteiger charge is 2.16. The highest BCUT2D eigenvalue weighted by molar-refractivity contribution is 9.10. The lowest BCUT2D eigenvalue weighted by molar-refractivity contribution is 0.712. The van der Waals surface area contributed by atoms with Gasteiger partial charge in [0, 0.05) is 35.5 Å². The molecule has 2 aromatic rings. The lowest BCUT2D eigenvalue weighted by Crippen LogP contribution is -2.24. The lowest BCUT2D eigenvalue weighted by Gasteiger charge is -2.25. The van der Waals surface area contributed by atoms with Crippen molar-refractivity contribution in [3.63, 3.8) is 0 Å². The summed E-state index contributed by atoms with van der Waals surface area (Å²) in [5.74, 6) is 0. The predicted octanol–water partition coefficient (Wildman–Crippen LogP) is 3.56. The lowest BCUT2D eigenvalue weighted by atomic mass is 10.1. The Labute approximate surface area is 127 Å². The number of benzene rings is 2. The number of halogens is 1. The molecule has 0 spiro atoms. The van der Waals surface area contributed by atoms with Crippen molar-refractivity contribution in [2.45, 2.75) is 6.54 Å². The Morgan fingerprint density at radius 1 is 1.20 bits per heavy atom. The number of nitrogens with one attached hydrogen (secondary N) is 1. The van der Waals surface area contributed by atoms with Crippen LogP contribution in [0.1, 0.15) is 11.1 Å². The second kappa shape index (κ2) is 5.66. The molecule has 0 radical (unpaired) electrons. The Bertz CT molecular complexity index is 676. The number of hydrogen-bond donors (Lipinski definition) is 1. The first-order valence-corrected chi connectivity index (χ1v) is 7.34. The van der Waals surface area contributed by atoms with Crippen LogP contribution in [0.5, 0.6) is 0 Å². The molecule has 100 valence electrons. The van der Waals surface area contributed by atoms with Gasteiger partial charge in [0.1, 0.15) is 0 Å². The Hall–Kier alpha value is -1.83. The smallest absolute Gasteiger partial charge is 0.0992 e. The molecule has 0 aliphatic carbocycles. The second-order valence-corrected chi connectivity index (χ2v) is 5.68. The van der Waals surface area contributed by atoms with E-state index in [0.717, 1.165) is 29.8 Å². The van der Waals surface area contributed by atoms with Crippen molar-refractivity contribution in [1.82, 2.24) is 5.32 Å². The maximum atomic E-state index is 9.13. The monoisotopic (exact) mass is 327 g/mol. The van der Waals surface area contributed by atoms with Gasteiger partial charge in [-0.25, -0.2) is 0 Å². The molecule has 1 N–H and O–H groups in total. The molecule has 0 saturated carbocycles. The topological polar surface area (TPSA) is 39.1 Å². The summed E-state index contributed by atoms with van der Waals surface area (Å²) in [5.41, 5.74) is 4.21. The summed E-state index contributed by atoms with van der Waals surface area (Å²) in [6, 6.07) is 16.4. The van der Waals surface area contributed by atoms with E-state index in [2.05, 4.69) is 62.5 Å². The second-order valence-electron chi connectivity index (χ2n) is 4.77. The molecule has 0 aromatic heterocycles. The highest BCUT2D eigenvalue weighted by Crippen LogP contribution is 2.32. The minimum Gasteiger partial charge on any atom is -0.340 e. The summed E-state index contributed by atoms with van der Waals surface area (Å²) < 4.78 is 0.932. The minimum atomic E-state index is 0.670. The van der Waals surface area contributed by atoms with Crippen LogP contribution >= 0.6 is 15.9 Å². The van der Waals surface area contributed by atoms with E-state index in [1.807, 2.05) is 12.1 Å².